The summed E-state index contributed by atoms with van der Waals surface area (Å²) in [6.45, 7) is 3.52. The van der Waals surface area contributed by atoms with Gasteiger partial charge in [0.1, 0.15) is 12.1 Å². The first kappa shape index (κ1) is 12.4. The molecule has 18 heavy (non-hydrogen) atoms. The molecule has 2 aromatic rings. The van der Waals surface area contributed by atoms with E-state index in [2.05, 4.69) is 22.2 Å². The van der Waals surface area contributed by atoms with Crippen LogP contribution in [0.5, 0.6) is 5.75 Å². The standard InChI is InChI=1S/C14H17N3O/c1-2-8-18-14-5-3-4-12(9-14)16-10-13-6-7-15-11-17-13/h3-7,9,11,16H,2,8,10H2,1H3. The quantitative estimate of drug-likeness (QED) is 0.847. The molecular weight excluding hydrogens is 226 g/mol. The zero-order valence-electron chi connectivity index (χ0n) is 10.5. The minimum absolute atomic E-state index is 0.680. The van der Waals surface area contributed by atoms with E-state index in [-0.39, 0.29) is 0 Å². The second-order valence-corrected chi connectivity index (χ2v) is 3.93. The predicted molar refractivity (Wildman–Crippen MR) is 71.6 cm³/mol. The molecule has 0 unspecified atom stereocenters. The summed E-state index contributed by atoms with van der Waals surface area (Å²) >= 11 is 0. The van der Waals surface area contributed by atoms with E-state index in [4.69, 9.17) is 4.74 Å². The van der Waals surface area contributed by atoms with Crippen molar-refractivity contribution >= 4 is 5.69 Å². The van der Waals surface area contributed by atoms with E-state index in [9.17, 15) is 0 Å². The van der Waals surface area contributed by atoms with Crippen LogP contribution in [0, 0.1) is 0 Å². The largest absolute Gasteiger partial charge is 0.494 e. The van der Waals surface area contributed by atoms with Crippen molar-refractivity contribution in [3.63, 3.8) is 0 Å². The van der Waals surface area contributed by atoms with Crippen molar-refractivity contribution in [1.29, 1.82) is 0 Å². The van der Waals surface area contributed by atoms with Crippen LogP contribution in [0.4, 0.5) is 5.69 Å². The first-order valence-corrected chi connectivity index (χ1v) is 6.10. The summed E-state index contributed by atoms with van der Waals surface area (Å²) in [5.74, 6) is 0.893. The summed E-state index contributed by atoms with van der Waals surface area (Å²) in [5, 5.41) is 3.31. The SMILES string of the molecule is CCCOc1cccc(NCc2ccncn2)c1. The number of hydrogen-bond acceptors (Lipinski definition) is 4. The lowest BCUT2D eigenvalue weighted by Gasteiger charge is -2.08. The van der Waals surface area contributed by atoms with Crippen LogP contribution in [-0.2, 0) is 6.54 Å². The Labute approximate surface area is 107 Å². The normalized spacial score (nSPS) is 10.1. The van der Waals surface area contributed by atoms with Crippen LogP contribution >= 0.6 is 0 Å². The third-order valence-corrected chi connectivity index (χ3v) is 2.42. The molecule has 0 atom stereocenters. The molecule has 0 aliphatic heterocycles. The maximum atomic E-state index is 5.58. The first-order chi connectivity index (χ1) is 8.88. The van der Waals surface area contributed by atoms with Crippen LogP contribution in [0.15, 0.2) is 42.9 Å². The molecule has 4 heteroatoms. The highest BCUT2D eigenvalue weighted by atomic mass is 16.5. The number of aromatic nitrogens is 2. The van der Waals surface area contributed by atoms with E-state index >= 15 is 0 Å². The third kappa shape index (κ3) is 3.73. The Kier molecular flexibility index (Phi) is 4.53. The third-order valence-electron chi connectivity index (χ3n) is 2.42. The van der Waals surface area contributed by atoms with Crippen LogP contribution in [0.25, 0.3) is 0 Å². The summed E-state index contributed by atoms with van der Waals surface area (Å²) in [4.78, 5) is 8.05. The van der Waals surface area contributed by atoms with Crippen molar-refractivity contribution in [3.05, 3.63) is 48.5 Å². The van der Waals surface area contributed by atoms with Crippen LogP contribution in [0.1, 0.15) is 19.0 Å². The van der Waals surface area contributed by atoms with E-state index in [1.807, 2.05) is 30.3 Å². The summed E-state index contributed by atoms with van der Waals surface area (Å²) in [6, 6.07) is 9.85. The Morgan fingerprint density at radius 1 is 1.28 bits per heavy atom. The van der Waals surface area contributed by atoms with Crippen molar-refractivity contribution < 1.29 is 4.74 Å². The Hall–Kier alpha value is -2.10. The molecule has 0 spiro atoms. The van der Waals surface area contributed by atoms with Gasteiger partial charge in [0.25, 0.3) is 0 Å². The molecule has 4 nitrogen and oxygen atoms in total. The average molecular weight is 243 g/mol. The number of nitrogens with one attached hydrogen (secondary N) is 1. The summed E-state index contributed by atoms with van der Waals surface area (Å²) in [5.41, 5.74) is 1.99. The molecule has 0 aliphatic carbocycles. The van der Waals surface area contributed by atoms with Crippen molar-refractivity contribution in [2.24, 2.45) is 0 Å². The second kappa shape index (κ2) is 6.59. The topological polar surface area (TPSA) is 47.0 Å². The van der Waals surface area contributed by atoms with Crippen LogP contribution < -0.4 is 10.1 Å². The smallest absolute Gasteiger partial charge is 0.121 e. The van der Waals surface area contributed by atoms with Gasteiger partial charge in [0.05, 0.1) is 18.8 Å². The molecule has 0 aliphatic rings. The van der Waals surface area contributed by atoms with Gasteiger partial charge in [-0.3, -0.25) is 0 Å². The van der Waals surface area contributed by atoms with Gasteiger partial charge < -0.3 is 10.1 Å². The van der Waals surface area contributed by atoms with Gasteiger partial charge in [-0.15, -0.1) is 0 Å². The van der Waals surface area contributed by atoms with Gasteiger partial charge in [0.15, 0.2) is 0 Å². The maximum Gasteiger partial charge on any atom is 0.121 e. The van der Waals surface area contributed by atoms with E-state index in [0.29, 0.717) is 6.54 Å². The number of rotatable bonds is 6. The van der Waals surface area contributed by atoms with Gasteiger partial charge in [-0.25, -0.2) is 9.97 Å². The monoisotopic (exact) mass is 243 g/mol. The lowest BCUT2D eigenvalue weighted by Crippen LogP contribution is -2.02. The van der Waals surface area contributed by atoms with E-state index < -0.39 is 0 Å². The molecule has 0 amide bonds. The van der Waals surface area contributed by atoms with Gasteiger partial charge in [0, 0.05) is 18.0 Å². The van der Waals surface area contributed by atoms with Crippen LogP contribution in [0.2, 0.25) is 0 Å². The van der Waals surface area contributed by atoms with Crippen molar-refractivity contribution in [1.82, 2.24) is 9.97 Å². The minimum Gasteiger partial charge on any atom is -0.494 e. The molecule has 0 radical (unpaired) electrons. The number of hydrogen-bond donors (Lipinski definition) is 1. The molecule has 0 saturated heterocycles. The molecule has 1 heterocycles. The molecule has 1 N–H and O–H groups in total. The van der Waals surface area contributed by atoms with Crippen molar-refractivity contribution in [3.8, 4) is 5.75 Å². The zero-order chi connectivity index (χ0) is 12.6. The maximum absolute atomic E-state index is 5.58. The highest BCUT2D eigenvalue weighted by Crippen LogP contribution is 2.17. The van der Waals surface area contributed by atoms with Gasteiger partial charge in [-0.05, 0) is 24.6 Å². The highest BCUT2D eigenvalue weighted by molar-refractivity contribution is 5.48. The number of nitrogens with zero attached hydrogens (tertiary/aromatic N) is 2. The molecule has 0 saturated carbocycles. The molecule has 1 aromatic carbocycles. The van der Waals surface area contributed by atoms with Gasteiger partial charge in [-0.1, -0.05) is 13.0 Å². The number of ether oxygens (including phenoxy) is 1. The molecule has 0 fully saturated rings. The Morgan fingerprint density at radius 2 is 2.22 bits per heavy atom. The Bertz CT molecular complexity index is 473. The molecular formula is C14H17N3O. The first-order valence-electron chi connectivity index (χ1n) is 6.10. The Morgan fingerprint density at radius 3 is 3.00 bits per heavy atom. The van der Waals surface area contributed by atoms with E-state index in [1.165, 1.54) is 0 Å². The fourth-order valence-corrected chi connectivity index (χ4v) is 1.53. The fraction of sp³-hybridized carbons (Fsp3) is 0.286. The lowest BCUT2D eigenvalue weighted by atomic mass is 10.3. The fourth-order valence-electron chi connectivity index (χ4n) is 1.53. The lowest BCUT2D eigenvalue weighted by molar-refractivity contribution is 0.317. The van der Waals surface area contributed by atoms with Crippen LogP contribution in [-0.4, -0.2) is 16.6 Å². The number of anilines is 1. The summed E-state index contributed by atoms with van der Waals surface area (Å²) in [6.07, 6.45) is 4.31. The van der Waals surface area contributed by atoms with Gasteiger partial charge >= 0.3 is 0 Å². The van der Waals surface area contributed by atoms with E-state index in [1.54, 1.807) is 12.5 Å². The zero-order valence-corrected chi connectivity index (χ0v) is 10.5. The van der Waals surface area contributed by atoms with E-state index in [0.717, 1.165) is 30.2 Å². The second-order valence-electron chi connectivity index (χ2n) is 3.93. The van der Waals surface area contributed by atoms with Gasteiger partial charge in [0.2, 0.25) is 0 Å². The molecule has 0 bridgehead atoms. The Balaban J connectivity index is 1.93. The van der Waals surface area contributed by atoms with Crippen LogP contribution in [0.3, 0.4) is 0 Å². The highest BCUT2D eigenvalue weighted by Gasteiger charge is 1.97. The predicted octanol–water partition coefficient (Wildman–Crippen LogP) is 2.88. The number of benzene rings is 1. The summed E-state index contributed by atoms with van der Waals surface area (Å²) in [7, 11) is 0. The van der Waals surface area contributed by atoms with Gasteiger partial charge in [-0.2, -0.15) is 0 Å². The average Bonchev–Trinajstić information content (AvgIpc) is 2.44. The minimum atomic E-state index is 0.680. The van der Waals surface area contributed by atoms with Crippen molar-refractivity contribution in [2.75, 3.05) is 11.9 Å². The summed E-state index contributed by atoms with van der Waals surface area (Å²) < 4.78 is 5.58. The molecule has 94 valence electrons. The molecule has 2 rings (SSSR count). The molecule has 1 aromatic heterocycles. The van der Waals surface area contributed by atoms with Crippen molar-refractivity contribution in [2.45, 2.75) is 19.9 Å².